The summed E-state index contributed by atoms with van der Waals surface area (Å²) in [5, 5.41) is 4.68. The van der Waals surface area contributed by atoms with E-state index in [0.717, 1.165) is 23.5 Å². The Kier molecular flexibility index (Phi) is 5.20. The summed E-state index contributed by atoms with van der Waals surface area (Å²) in [7, 11) is 0. The molecule has 3 nitrogen and oxygen atoms in total. The minimum absolute atomic E-state index is 0.0789. The van der Waals surface area contributed by atoms with Gasteiger partial charge in [-0.2, -0.15) is 0 Å². The van der Waals surface area contributed by atoms with E-state index >= 15 is 0 Å². The summed E-state index contributed by atoms with van der Waals surface area (Å²) in [6, 6.07) is 5.47. The van der Waals surface area contributed by atoms with Gasteiger partial charge in [0.05, 0.1) is 0 Å². The Morgan fingerprint density at radius 2 is 1.76 bits per heavy atom. The maximum absolute atomic E-state index is 6.16. The molecule has 1 aromatic carbocycles. The minimum Gasteiger partial charge on any atom is -0.308 e. The Balaban J connectivity index is 2.02. The van der Waals surface area contributed by atoms with E-state index in [-0.39, 0.29) is 5.54 Å². The van der Waals surface area contributed by atoms with Crippen LogP contribution in [0.5, 0.6) is 0 Å². The molecule has 5 heteroatoms. The third-order valence-corrected chi connectivity index (χ3v) is 3.53. The topological polar surface area (TPSA) is 37.8 Å². The molecular formula is C16H19Cl2N3. The van der Waals surface area contributed by atoms with Crippen molar-refractivity contribution >= 4 is 23.2 Å². The molecule has 1 aromatic heterocycles. The fraction of sp³-hybridized carbons (Fsp3) is 0.375. The first-order chi connectivity index (χ1) is 9.83. The molecule has 2 rings (SSSR count). The number of aromatic nitrogens is 2. The van der Waals surface area contributed by atoms with Crippen molar-refractivity contribution in [2.75, 3.05) is 0 Å². The van der Waals surface area contributed by atoms with Gasteiger partial charge < -0.3 is 5.32 Å². The van der Waals surface area contributed by atoms with E-state index in [1.807, 2.05) is 24.5 Å². The molecule has 1 N–H and O–H groups in total. The van der Waals surface area contributed by atoms with Crippen LogP contribution >= 0.6 is 23.2 Å². The Morgan fingerprint density at radius 1 is 1.10 bits per heavy atom. The predicted molar refractivity (Wildman–Crippen MR) is 87.9 cm³/mol. The zero-order valence-electron chi connectivity index (χ0n) is 12.5. The molecule has 112 valence electrons. The van der Waals surface area contributed by atoms with Crippen LogP contribution in [0.25, 0.3) is 0 Å². The van der Waals surface area contributed by atoms with Crippen LogP contribution in [0.1, 0.15) is 37.7 Å². The molecule has 0 unspecified atom stereocenters. The van der Waals surface area contributed by atoms with Crippen LogP contribution in [-0.4, -0.2) is 15.5 Å². The molecule has 0 aliphatic rings. The van der Waals surface area contributed by atoms with E-state index in [1.165, 1.54) is 0 Å². The molecule has 0 aliphatic carbocycles. The fourth-order valence-electron chi connectivity index (χ4n) is 1.77. The molecular weight excluding hydrogens is 305 g/mol. The lowest BCUT2D eigenvalue weighted by molar-refractivity contribution is 0.423. The molecule has 0 bridgehead atoms. The molecule has 0 atom stereocenters. The maximum atomic E-state index is 6.16. The van der Waals surface area contributed by atoms with E-state index in [9.17, 15) is 0 Å². The second-order valence-electron chi connectivity index (χ2n) is 6.02. The zero-order chi connectivity index (χ0) is 15.5. The quantitative estimate of drug-likeness (QED) is 0.913. The lowest BCUT2D eigenvalue weighted by atomic mass is 10.1. The largest absolute Gasteiger partial charge is 0.308 e. The van der Waals surface area contributed by atoms with E-state index < -0.39 is 0 Å². The van der Waals surface area contributed by atoms with Gasteiger partial charge in [0.1, 0.15) is 5.82 Å². The smallest absolute Gasteiger partial charge is 0.132 e. The maximum Gasteiger partial charge on any atom is 0.132 e. The summed E-state index contributed by atoms with van der Waals surface area (Å²) >= 11 is 12.1. The van der Waals surface area contributed by atoms with Gasteiger partial charge in [-0.3, -0.25) is 0 Å². The van der Waals surface area contributed by atoms with Crippen LogP contribution < -0.4 is 5.32 Å². The van der Waals surface area contributed by atoms with E-state index in [1.54, 1.807) is 6.07 Å². The highest BCUT2D eigenvalue weighted by atomic mass is 35.5. The van der Waals surface area contributed by atoms with E-state index in [0.29, 0.717) is 16.5 Å². The van der Waals surface area contributed by atoms with Crippen LogP contribution in [0, 0.1) is 0 Å². The van der Waals surface area contributed by atoms with E-state index in [4.69, 9.17) is 23.2 Å². The number of nitrogens with one attached hydrogen (secondary N) is 1. The number of rotatable bonds is 4. The van der Waals surface area contributed by atoms with Crippen LogP contribution in [-0.2, 0) is 13.0 Å². The highest BCUT2D eigenvalue weighted by Crippen LogP contribution is 2.22. The molecule has 0 aliphatic heterocycles. The molecule has 0 radical (unpaired) electrons. The average molecular weight is 324 g/mol. The van der Waals surface area contributed by atoms with Gasteiger partial charge in [-0.05, 0) is 38.5 Å². The van der Waals surface area contributed by atoms with Gasteiger partial charge in [-0.1, -0.05) is 29.3 Å². The SMILES string of the molecule is CC(C)(C)NCc1cnc(Cc2ccc(Cl)cc2Cl)nc1. The highest BCUT2D eigenvalue weighted by Gasteiger charge is 2.09. The van der Waals surface area contributed by atoms with Gasteiger partial charge in [0.25, 0.3) is 0 Å². The van der Waals surface area contributed by atoms with Gasteiger partial charge in [-0.15, -0.1) is 0 Å². The molecule has 2 aromatic rings. The monoisotopic (exact) mass is 323 g/mol. The van der Waals surface area contributed by atoms with Gasteiger partial charge in [-0.25, -0.2) is 9.97 Å². The summed E-state index contributed by atoms with van der Waals surface area (Å²) in [5.41, 5.74) is 2.12. The van der Waals surface area contributed by atoms with Crippen molar-refractivity contribution < 1.29 is 0 Å². The Bertz CT molecular complexity index is 604. The summed E-state index contributed by atoms with van der Waals surface area (Å²) in [5.74, 6) is 0.749. The Hall–Kier alpha value is -1.16. The van der Waals surface area contributed by atoms with Gasteiger partial charge in [0.15, 0.2) is 0 Å². The number of hydrogen-bond acceptors (Lipinski definition) is 3. The molecule has 0 saturated heterocycles. The number of benzene rings is 1. The first-order valence-corrected chi connectivity index (χ1v) is 7.58. The molecule has 0 saturated carbocycles. The first-order valence-electron chi connectivity index (χ1n) is 6.82. The molecule has 21 heavy (non-hydrogen) atoms. The van der Waals surface area contributed by atoms with Crippen molar-refractivity contribution in [3.05, 3.63) is 57.6 Å². The van der Waals surface area contributed by atoms with Crippen LogP contribution in [0.4, 0.5) is 0 Å². The standard InChI is InChI=1S/C16H19Cl2N3/c1-16(2,3)21-10-11-8-19-15(20-9-11)6-12-4-5-13(17)7-14(12)18/h4-5,7-9,21H,6,10H2,1-3H3. The van der Waals surface area contributed by atoms with Crippen molar-refractivity contribution in [3.8, 4) is 0 Å². The summed E-state index contributed by atoms with van der Waals surface area (Å²) in [6.07, 6.45) is 4.30. The van der Waals surface area contributed by atoms with Gasteiger partial charge >= 0.3 is 0 Å². The Morgan fingerprint density at radius 3 is 2.33 bits per heavy atom. The second-order valence-corrected chi connectivity index (χ2v) is 6.87. The lowest BCUT2D eigenvalue weighted by Crippen LogP contribution is -2.35. The normalized spacial score (nSPS) is 11.7. The number of hydrogen-bond donors (Lipinski definition) is 1. The van der Waals surface area contributed by atoms with Crippen molar-refractivity contribution in [1.82, 2.24) is 15.3 Å². The summed E-state index contributed by atoms with van der Waals surface area (Å²) < 4.78 is 0. The molecule has 0 fully saturated rings. The lowest BCUT2D eigenvalue weighted by Gasteiger charge is -2.20. The number of halogens is 2. The molecule has 0 spiro atoms. The van der Waals surface area contributed by atoms with Gasteiger partial charge in [0.2, 0.25) is 0 Å². The van der Waals surface area contributed by atoms with Crippen molar-refractivity contribution in [2.24, 2.45) is 0 Å². The third kappa shape index (κ3) is 5.27. The van der Waals surface area contributed by atoms with Crippen molar-refractivity contribution in [1.29, 1.82) is 0 Å². The van der Waals surface area contributed by atoms with Crippen LogP contribution in [0.3, 0.4) is 0 Å². The number of nitrogens with zero attached hydrogens (tertiary/aromatic N) is 2. The molecule has 1 heterocycles. The van der Waals surface area contributed by atoms with E-state index in [2.05, 4.69) is 36.1 Å². The minimum atomic E-state index is 0.0789. The highest BCUT2D eigenvalue weighted by molar-refractivity contribution is 6.35. The summed E-state index contributed by atoms with van der Waals surface area (Å²) in [4.78, 5) is 8.79. The van der Waals surface area contributed by atoms with Crippen LogP contribution in [0.15, 0.2) is 30.6 Å². The zero-order valence-corrected chi connectivity index (χ0v) is 14.0. The van der Waals surface area contributed by atoms with Crippen molar-refractivity contribution in [3.63, 3.8) is 0 Å². The third-order valence-electron chi connectivity index (χ3n) is 2.95. The average Bonchev–Trinajstić information content (AvgIpc) is 2.40. The molecule has 0 amide bonds. The first kappa shape index (κ1) is 16.2. The second kappa shape index (κ2) is 6.73. The van der Waals surface area contributed by atoms with Crippen molar-refractivity contribution in [2.45, 2.75) is 39.3 Å². The fourth-order valence-corrected chi connectivity index (χ4v) is 2.24. The Labute approximate surface area is 135 Å². The van der Waals surface area contributed by atoms with Crippen LogP contribution in [0.2, 0.25) is 10.0 Å². The summed E-state index contributed by atoms with van der Waals surface area (Å²) in [6.45, 7) is 7.14. The van der Waals surface area contributed by atoms with Gasteiger partial charge in [0, 0.05) is 46.5 Å². The predicted octanol–water partition coefficient (Wildman–Crippen LogP) is 4.26.